The lowest BCUT2D eigenvalue weighted by molar-refractivity contribution is 0.557. The molecule has 0 aromatic carbocycles. The topological polar surface area (TPSA) is 0 Å². The summed E-state index contributed by atoms with van der Waals surface area (Å²) < 4.78 is 0. The van der Waals surface area contributed by atoms with Crippen molar-refractivity contribution < 1.29 is 0 Å². The molecule has 2 heteroatoms. The van der Waals surface area contributed by atoms with Gasteiger partial charge in [-0.15, -0.1) is 0 Å². The molecule has 0 nitrogen and oxygen atoms in total. The number of rotatable bonds is 1. The van der Waals surface area contributed by atoms with Crippen LogP contribution in [0.3, 0.4) is 0 Å². The van der Waals surface area contributed by atoms with Gasteiger partial charge in [0.2, 0.25) is 0 Å². The molecule has 0 bridgehead atoms. The van der Waals surface area contributed by atoms with Gasteiger partial charge in [0.1, 0.15) is 0 Å². The van der Waals surface area contributed by atoms with Crippen LogP contribution in [0.4, 0.5) is 0 Å². The minimum atomic E-state index is -1.02. The molecule has 0 N–H and O–H groups in total. The smallest absolute Gasteiger partial charge is 0.0477 e. The summed E-state index contributed by atoms with van der Waals surface area (Å²) in [6, 6.07) is 0. The molecular formula is C15H29BrSi. The lowest BCUT2D eigenvalue weighted by Crippen LogP contribution is -2.30. The third-order valence-electron chi connectivity index (χ3n) is 4.20. The highest BCUT2D eigenvalue weighted by molar-refractivity contribution is 9.09. The zero-order valence-electron chi connectivity index (χ0n) is 12.1. The predicted octanol–water partition coefficient (Wildman–Crippen LogP) is 6.15. The van der Waals surface area contributed by atoms with E-state index in [1.165, 1.54) is 44.9 Å². The molecule has 0 spiro atoms. The Morgan fingerprint density at radius 3 is 2.47 bits per heavy atom. The van der Waals surface area contributed by atoms with Crippen LogP contribution in [0.2, 0.25) is 25.2 Å². The van der Waals surface area contributed by atoms with Crippen LogP contribution < -0.4 is 0 Å². The van der Waals surface area contributed by atoms with E-state index >= 15 is 0 Å². The maximum absolute atomic E-state index is 3.91. The second-order valence-electron chi connectivity index (χ2n) is 6.65. The zero-order chi connectivity index (χ0) is 12.9. The van der Waals surface area contributed by atoms with Crippen molar-refractivity contribution >= 4 is 24.0 Å². The lowest BCUT2D eigenvalue weighted by atomic mass is 9.96. The number of hydrogen-bond donors (Lipinski definition) is 0. The summed E-state index contributed by atoms with van der Waals surface area (Å²) in [6.07, 6.45) is 12.1. The van der Waals surface area contributed by atoms with Crippen molar-refractivity contribution in [2.75, 3.05) is 0 Å². The monoisotopic (exact) mass is 316 g/mol. The molecule has 1 aliphatic rings. The number of allylic oxidation sites excluding steroid dienone is 2. The van der Waals surface area contributed by atoms with Crippen LogP contribution in [0.15, 0.2) is 11.6 Å². The first-order valence-electron chi connectivity index (χ1n) is 7.21. The van der Waals surface area contributed by atoms with Crippen LogP contribution in [0, 0.1) is 0 Å². The van der Waals surface area contributed by atoms with Crippen LogP contribution in [0.1, 0.15) is 51.9 Å². The van der Waals surface area contributed by atoms with Gasteiger partial charge >= 0.3 is 0 Å². The van der Waals surface area contributed by atoms with Crippen molar-refractivity contribution in [3.63, 3.8) is 0 Å². The summed E-state index contributed by atoms with van der Waals surface area (Å²) >= 11 is 3.91. The van der Waals surface area contributed by atoms with E-state index in [0.717, 1.165) is 10.4 Å². The first kappa shape index (κ1) is 15.5. The number of halogens is 1. The van der Waals surface area contributed by atoms with Crippen molar-refractivity contribution in [1.29, 1.82) is 0 Å². The molecule has 1 saturated carbocycles. The molecule has 1 rings (SSSR count). The third-order valence-corrected chi connectivity index (χ3v) is 7.92. The Morgan fingerprint density at radius 1 is 1.18 bits per heavy atom. The summed E-state index contributed by atoms with van der Waals surface area (Å²) in [5.41, 5.74) is 2.68. The molecule has 1 aliphatic carbocycles. The summed E-state index contributed by atoms with van der Waals surface area (Å²) in [4.78, 5) is 0.760. The summed E-state index contributed by atoms with van der Waals surface area (Å²) in [6.45, 7) is 9.84. The van der Waals surface area contributed by atoms with Gasteiger partial charge in [0.15, 0.2) is 0 Å². The van der Waals surface area contributed by atoms with Gasteiger partial charge in [0, 0.05) is 12.9 Å². The van der Waals surface area contributed by atoms with E-state index in [1.54, 1.807) is 5.57 Å². The molecule has 2 atom stereocenters. The molecule has 100 valence electrons. The van der Waals surface area contributed by atoms with Gasteiger partial charge < -0.3 is 0 Å². The summed E-state index contributed by atoms with van der Waals surface area (Å²) in [5, 5.41) is 0. The molecule has 0 aliphatic heterocycles. The van der Waals surface area contributed by atoms with Crippen molar-refractivity contribution in [3.05, 3.63) is 11.6 Å². The lowest BCUT2D eigenvalue weighted by Gasteiger charge is -2.32. The van der Waals surface area contributed by atoms with Crippen LogP contribution in [-0.4, -0.2) is 12.9 Å². The quantitative estimate of drug-likeness (QED) is 0.309. The minimum Gasteiger partial charge on any atom is -0.0891 e. The minimum absolute atomic E-state index is 0.760. The van der Waals surface area contributed by atoms with E-state index in [4.69, 9.17) is 0 Å². The van der Waals surface area contributed by atoms with Gasteiger partial charge in [-0.25, -0.2) is 0 Å². The molecule has 0 unspecified atom stereocenters. The highest BCUT2D eigenvalue weighted by atomic mass is 79.9. The molecule has 0 saturated heterocycles. The van der Waals surface area contributed by atoms with Crippen molar-refractivity contribution in [2.45, 2.75) is 81.9 Å². The van der Waals surface area contributed by atoms with Crippen LogP contribution in [0.5, 0.6) is 0 Å². The van der Waals surface area contributed by atoms with Gasteiger partial charge in [-0.2, -0.15) is 0 Å². The maximum Gasteiger partial charge on any atom is 0.0477 e. The Hall–Kier alpha value is 0.437. The van der Waals surface area contributed by atoms with E-state index in [2.05, 4.69) is 48.6 Å². The van der Waals surface area contributed by atoms with Crippen LogP contribution >= 0.6 is 15.9 Å². The average Bonchev–Trinajstić information content (AvgIpc) is 2.24. The Bertz CT molecular complexity index is 252. The molecule has 0 aromatic heterocycles. The molecule has 0 heterocycles. The average molecular weight is 317 g/mol. The second kappa shape index (κ2) is 7.13. The fourth-order valence-electron chi connectivity index (χ4n) is 2.75. The van der Waals surface area contributed by atoms with Crippen LogP contribution in [0.25, 0.3) is 0 Å². The predicted molar refractivity (Wildman–Crippen MR) is 85.9 cm³/mol. The molecule has 17 heavy (non-hydrogen) atoms. The van der Waals surface area contributed by atoms with E-state index in [9.17, 15) is 0 Å². The van der Waals surface area contributed by atoms with E-state index in [1.807, 2.05) is 0 Å². The Morgan fingerprint density at radius 2 is 1.88 bits per heavy atom. The molecule has 1 fully saturated rings. The fourth-order valence-corrected chi connectivity index (χ4v) is 5.73. The molecule has 0 radical (unpaired) electrons. The van der Waals surface area contributed by atoms with E-state index in [-0.39, 0.29) is 0 Å². The highest BCUT2D eigenvalue weighted by Crippen LogP contribution is 2.38. The SMILES string of the molecule is C/C=C1/CCCCC[C@H](Br)C[C@H]([Si](C)(C)C)C1. The zero-order valence-corrected chi connectivity index (χ0v) is 14.6. The fraction of sp³-hybridized carbons (Fsp3) is 0.867. The van der Waals surface area contributed by atoms with Gasteiger partial charge in [0.05, 0.1) is 0 Å². The standard InChI is InChI=1S/C15H29BrSi/c1-5-13-9-7-6-8-10-14(16)12-15(11-13)17(2,3)4/h5,14-15H,6-12H2,1-4H3/b13-5-/t14-,15+/m0/s1. The highest BCUT2D eigenvalue weighted by Gasteiger charge is 2.29. The van der Waals surface area contributed by atoms with Gasteiger partial charge in [0.25, 0.3) is 0 Å². The van der Waals surface area contributed by atoms with Crippen molar-refractivity contribution in [2.24, 2.45) is 0 Å². The number of hydrogen-bond acceptors (Lipinski definition) is 0. The van der Waals surface area contributed by atoms with Gasteiger partial charge in [-0.05, 0) is 44.6 Å². The second-order valence-corrected chi connectivity index (χ2v) is 13.5. The van der Waals surface area contributed by atoms with E-state index < -0.39 is 8.07 Å². The largest absolute Gasteiger partial charge is 0.0891 e. The van der Waals surface area contributed by atoms with E-state index in [0.29, 0.717) is 0 Å². The Labute approximate surface area is 117 Å². The van der Waals surface area contributed by atoms with Gasteiger partial charge in [-0.1, -0.05) is 60.1 Å². The molecule has 0 aromatic rings. The van der Waals surface area contributed by atoms with Crippen molar-refractivity contribution in [3.8, 4) is 0 Å². The molecule has 0 amide bonds. The normalized spacial score (nSPS) is 31.5. The maximum atomic E-state index is 3.91. The Balaban J connectivity index is 2.74. The third kappa shape index (κ3) is 5.74. The molecular weight excluding hydrogens is 288 g/mol. The summed E-state index contributed by atoms with van der Waals surface area (Å²) in [5.74, 6) is 0. The first-order chi connectivity index (χ1) is 7.93. The van der Waals surface area contributed by atoms with Crippen molar-refractivity contribution in [1.82, 2.24) is 0 Å². The Kier molecular flexibility index (Phi) is 6.50. The van der Waals surface area contributed by atoms with Crippen LogP contribution in [-0.2, 0) is 0 Å². The first-order valence-corrected chi connectivity index (χ1v) is 11.7. The summed E-state index contributed by atoms with van der Waals surface area (Å²) in [7, 11) is -1.02. The van der Waals surface area contributed by atoms with Gasteiger partial charge in [-0.3, -0.25) is 0 Å². The number of alkyl halides is 1.